The van der Waals surface area contributed by atoms with E-state index in [1.807, 2.05) is 53.4 Å². The molecule has 26 heavy (non-hydrogen) atoms. The Hall–Kier alpha value is -2.82. The van der Waals surface area contributed by atoms with Gasteiger partial charge in [-0.1, -0.05) is 19.1 Å². The van der Waals surface area contributed by atoms with E-state index in [4.69, 9.17) is 0 Å². The molecular weight excluding hydrogens is 326 g/mol. The molecule has 0 bridgehead atoms. The van der Waals surface area contributed by atoms with Crippen molar-refractivity contribution in [1.29, 1.82) is 0 Å². The zero-order chi connectivity index (χ0) is 18.5. The molecule has 5 heteroatoms. The predicted molar refractivity (Wildman–Crippen MR) is 105 cm³/mol. The van der Waals surface area contributed by atoms with Crippen LogP contribution in [0, 0.1) is 0 Å². The first-order valence-corrected chi connectivity index (χ1v) is 9.07. The largest absolute Gasteiger partial charge is 0.368 e. The maximum atomic E-state index is 12.4. The summed E-state index contributed by atoms with van der Waals surface area (Å²) in [6.07, 6.45) is 0.990. The standard InChI is InChI=1S/C21H25N3O2/c1-3-17-4-8-19(9-5-17)22-21(26)24-14-12-23(13-15-24)20-10-6-18(7-11-20)16(2)25/h4-11H,3,12-15H2,1-2H3,(H,22,26). The number of aryl methyl sites for hydroxylation is 1. The van der Waals surface area contributed by atoms with Crippen LogP contribution in [0.4, 0.5) is 16.2 Å². The number of anilines is 2. The highest BCUT2D eigenvalue weighted by atomic mass is 16.2. The number of hydrogen-bond donors (Lipinski definition) is 1. The van der Waals surface area contributed by atoms with Crippen molar-refractivity contribution in [3.8, 4) is 0 Å². The Morgan fingerprint density at radius 1 is 0.923 bits per heavy atom. The summed E-state index contributed by atoms with van der Waals surface area (Å²) in [7, 11) is 0. The van der Waals surface area contributed by atoms with Crippen LogP contribution in [0.2, 0.25) is 0 Å². The maximum absolute atomic E-state index is 12.4. The number of rotatable bonds is 4. The minimum atomic E-state index is -0.0548. The molecule has 0 aliphatic carbocycles. The zero-order valence-electron chi connectivity index (χ0n) is 15.4. The van der Waals surface area contributed by atoms with Gasteiger partial charge in [-0.15, -0.1) is 0 Å². The SMILES string of the molecule is CCc1ccc(NC(=O)N2CCN(c3ccc(C(C)=O)cc3)CC2)cc1. The van der Waals surface area contributed by atoms with Crippen molar-refractivity contribution in [2.45, 2.75) is 20.3 Å². The predicted octanol–water partition coefficient (Wildman–Crippen LogP) is 3.81. The number of piperazine rings is 1. The van der Waals surface area contributed by atoms with Gasteiger partial charge < -0.3 is 15.1 Å². The molecule has 1 aliphatic heterocycles. The summed E-state index contributed by atoms with van der Waals surface area (Å²) in [6, 6.07) is 15.6. The number of hydrogen-bond acceptors (Lipinski definition) is 3. The van der Waals surface area contributed by atoms with Gasteiger partial charge in [0.25, 0.3) is 0 Å². The van der Waals surface area contributed by atoms with Crippen LogP contribution in [0.25, 0.3) is 0 Å². The number of urea groups is 1. The second kappa shape index (κ2) is 8.04. The highest BCUT2D eigenvalue weighted by Gasteiger charge is 2.21. The van der Waals surface area contributed by atoms with Crippen LogP contribution >= 0.6 is 0 Å². The van der Waals surface area contributed by atoms with Crippen LogP contribution in [-0.4, -0.2) is 42.9 Å². The van der Waals surface area contributed by atoms with E-state index in [9.17, 15) is 9.59 Å². The molecule has 0 spiro atoms. The number of carbonyl (C=O) groups excluding carboxylic acids is 2. The first-order chi connectivity index (χ1) is 12.6. The molecule has 136 valence electrons. The van der Waals surface area contributed by atoms with Gasteiger partial charge in [-0.25, -0.2) is 4.79 Å². The second-order valence-corrected chi connectivity index (χ2v) is 6.56. The van der Waals surface area contributed by atoms with Crippen LogP contribution in [0.3, 0.4) is 0 Å². The number of nitrogens with one attached hydrogen (secondary N) is 1. The van der Waals surface area contributed by atoms with Gasteiger partial charge in [0.1, 0.15) is 0 Å². The van der Waals surface area contributed by atoms with Crippen molar-refractivity contribution >= 4 is 23.2 Å². The Morgan fingerprint density at radius 3 is 2.08 bits per heavy atom. The number of nitrogens with zero attached hydrogens (tertiary/aromatic N) is 2. The quantitative estimate of drug-likeness (QED) is 0.853. The summed E-state index contributed by atoms with van der Waals surface area (Å²) in [6.45, 7) is 6.59. The molecule has 1 aliphatic rings. The highest BCUT2D eigenvalue weighted by Crippen LogP contribution is 2.18. The van der Waals surface area contributed by atoms with Crippen molar-refractivity contribution in [3.63, 3.8) is 0 Å². The summed E-state index contributed by atoms with van der Waals surface area (Å²) in [5, 5.41) is 2.97. The number of ketones is 1. The fourth-order valence-electron chi connectivity index (χ4n) is 3.10. The van der Waals surface area contributed by atoms with Crippen LogP contribution in [0.15, 0.2) is 48.5 Å². The highest BCUT2D eigenvalue weighted by molar-refractivity contribution is 5.94. The molecule has 2 amide bonds. The molecular formula is C21H25N3O2. The number of amides is 2. The molecule has 1 heterocycles. The van der Waals surface area contributed by atoms with Gasteiger partial charge in [-0.2, -0.15) is 0 Å². The van der Waals surface area contributed by atoms with Gasteiger partial charge >= 0.3 is 6.03 Å². The zero-order valence-corrected chi connectivity index (χ0v) is 15.4. The fraction of sp³-hybridized carbons (Fsp3) is 0.333. The van der Waals surface area contributed by atoms with Gasteiger partial charge in [-0.05, 0) is 55.3 Å². The van der Waals surface area contributed by atoms with E-state index in [0.717, 1.165) is 36.4 Å². The molecule has 0 saturated carbocycles. The number of benzene rings is 2. The van der Waals surface area contributed by atoms with Crippen molar-refractivity contribution in [3.05, 3.63) is 59.7 Å². The smallest absolute Gasteiger partial charge is 0.321 e. The van der Waals surface area contributed by atoms with Gasteiger partial charge in [0.05, 0.1) is 0 Å². The topological polar surface area (TPSA) is 52.7 Å². The Kier molecular flexibility index (Phi) is 5.56. The van der Waals surface area contributed by atoms with Gasteiger partial charge in [0.2, 0.25) is 0 Å². The average Bonchev–Trinajstić information content (AvgIpc) is 2.69. The maximum Gasteiger partial charge on any atom is 0.321 e. The third-order valence-corrected chi connectivity index (χ3v) is 4.82. The van der Waals surface area contributed by atoms with E-state index in [1.165, 1.54) is 5.56 Å². The molecule has 5 nitrogen and oxygen atoms in total. The lowest BCUT2D eigenvalue weighted by Crippen LogP contribution is -2.50. The number of Topliss-reactive ketones (excluding diaryl/α,β-unsaturated/α-hetero) is 1. The average molecular weight is 351 g/mol. The Morgan fingerprint density at radius 2 is 1.54 bits per heavy atom. The first-order valence-electron chi connectivity index (χ1n) is 9.07. The van der Waals surface area contributed by atoms with E-state index in [-0.39, 0.29) is 11.8 Å². The molecule has 2 aromatic carbocycles. The summed E-state index contributed by atoms with van der Waals surface area (Å²) in [4.78, 5) is 27.9. The monoisotopic (exact) mass is 351 g/mol. The Balaban J connectivity index is 1.53. The van der Waals surface area contributed by atoms with Gasteiger partial charge in [0.15, 0.2) is 5.78 Å². The van der Waals surface area contributed by atoms with E-state index in [1.54, 1.807) is 6.92 Å². The van der Waals surface area contributed by atoms with E-state index in [2.05, 4.69) is 17.1 Å². The van der Waals surface area contributed by atoms with Crippen molar-refractivity contribution in [1.82, 2.24) is 4.90 Å². The minimum absolute atomic E-state index is 0.0548. The van der Waals surface area contributed by atoms with Gasteiger partial charge in [-0.3, -0.25) is 4.79 Å². The summed E-state index contributed by atoms with van der Waals surface area (Å²) >= 11 is 0. The molecule has 1 saturated heterocycles. The van der Waals surface area contributed by atoms with Crippen LogP contribution in [-0.2, 0) is 6.42 Å². The third-order valence-electron chi connectivity index (χ3n) is 4.82. The summed E-state index contributed by atoms with van der Waals surface area (Å²) in [5.41, 5.74) is 3.90. The number of carbonyl (C=O) groups is 2. The van der Waals surface area contributed by atoms with Gasteiger partial charge in [0, 0.05) is 43.1 Å². The second-order valence-electron chi connectivity index (χ2n) is 6.56. The Bertz CT molecular complexity index is 761. The molecule has 1 fully saturated rings. The summed E-state index contributed by atoms with van der Waals surface area (Å²) in [5.74, 6) is 0.0741. The molecule has 0 radical (unpaired) electrons. The lowest BCUT2D eigenvalue weighted by molar-refractivity contribution is 0.101. The van der Waals surface area contributed by atoms with Crippen molar-refractivity contribution in [2.24, 2.45) is 0 Å². The van der Waals surface area contributed by atoms with Crippen molar-refractivity contribution in [2.75, 3.05) is 36.4 Å². The fourth-order valence-corrected chi connectivity index (χ4v) is 3.10. The lowest BCUT2D eigenvalue weighted by Gasteiger charge is -2.36. The summed E-state index contributed by atoms with van der Waals surface area (Å²) < 4.78 is 0. The van der Waals surface area contributed by atoms with Crippen molar-refractivity contribution < 1.29 is 9.59 Å². The molecule has 0 aromatic heterocycles. The van der Waals surface area contributed by atoms with Crippen LogP contribution in [0.1, 0.15) is 29.8 Å². The Labute approximate surface area is 154 Å². The van der Waals surface area contributed by atoms with Crippen LogP contribution < -0.4 is 10.2 Å². The minimum Gasteiger partial charge on any atom is -0.368 e. The first kappa shape index (κ1) is 18.0. The molecule has 0 unspecified atom stereocenters. The molecule has 0 atom stereocenters. The van der Waals surface area contributed by atoms with E-state index in [0.29, 0.717) is 13.1 Å². The van der Waals surface area contributed by atoms with Crippen LogP contribution in [0.5, 0.6) is 0 Å². The lowest BCUT2D eigenvalue weighted by atomic mass is 10.1. The third kappa shape index (κ3) is 4.23. The van der Waals surface area contributed by atoms with E-state index >= 15 is 0 Å². The molecule has 1 N–H and O–H groups in total. The molecule has 3 rings (SSSR count). The van der Waals surface area contributed by atoms with E-state index < -0.39 is 0 Å². The normalized spacial score (nSPS) is 14.2. The molecule has 2 aromatic rings.